The van der Waals surface area contributed by atoms with Crippen molar-refractivity contribution in [2.75, 3.05) is 80.1 Å². The molecule has 1 unspecified atom stereocenters. The molecule has 0 amide bonds. The summed E-state index contributed by atoms with van der Waals surface area (Å²) in [5.41, 5.74) is 0. The lowest BCUT2D eigenvalue weighted by Gasteiger charge is -2.28. The van der Waals surface area contributed by atoms with Gasteiger partial charge in [-0.1, -0.05) is 0 Å². The summed E-state index contributed by atoms with van der Waals surface area (Å²) in [6.45, 7) is 11.7. The summed E-state index contributed by atoms with van der Waals surface area (Å²) in [5, 5.41) is 10.2. The first-order valence-corrected chi connectivity index (χ1v) is 11.9. The second kappa shape index (κ2) is 18.0. The van der Waals surface area contributed by atoms with Crippen LogP contribution in [0.3, 0.4) is 0 Å². The van der Waals surface area contributed by atoms with Gasteiger partial charge in [0.25, 0.3) is 0 Å². The van der Waals surface area contributed by atoms with Crippen LogP contribution in [0.15, 0.2) is 0 Å². The van der Waals surface area contributed by atoms with Crippen LogP contribution in [-0.4, -0.2) is 105 Å². The van der Waals surface area contributed by atoms with Gasteiger partial charge in [0, 0.05) is 66.3 Å². The summed E-state index contributed by atoms with van der Waals surface area (Å²) in [7, 11) is 0.734. The highest BCUT2D eigenvalue weighted by molar-refractivity contribution is 6.60. The minimum absolute atomic E-state index is 0.295. The van der Waals surface area contributed by atoms with E-state index < -0.39 is 14.9 Å². The van der Waals surface area contributed by atoms with Gasteiger partial charge in [0.15, 0.2) is 0 Å². The molecule has 0 spiro atoms. The van der Waals surface area contributed by atoms with Crippen molar-refractivity contribution in [1.82, 2.24) is 4.90 Å². The van der Waals surface area contributed by atoms with Crippen molar-refractivity contribution in [2.45, 2.75) is 39.3 Å². The zero-order valence-electron chi connectivity index (χ0n) is 17.9. The molecule has 0 aromatic rings. The van der Waals surface area contributed by atoms with E-state index in [1.54, 1.807) is 14.2 Å². The molecule has 1 atom stereocenters. The number of nitrogens with zero attached hydrogens (tertiary/aromatic N) is 1. The fourth-order valence-corrected chi connectivity index (χ4v) is 5.28. The van der Waals surface area contributed by atoms with Crippen molar-refractivity contribution >= 4 is 8.80 Å². The Morgan fingerprint density at radius 3 is 1.81 bits per heavy atom. The average molecular weight is 412 g/mol. The fourth-order valence-electron chi connectivity index (χ4n) is 2.70. The number of aliphatic hydroxyl groups excluding tert-OH is 1. The lowest BCUT2D eigenvalue weighted by molar-refractivity contribution is 0.00660. The smallest absolute Gasteiger partial charge is 0.389 e. The van der Waals surface area contributed by atoms with Gasteiger partial charge in [-0.15, -0.1) is 0 Å². The van der Waals surface area contributed by atoms with Crippen LogP contribution >= 0.6 is 0 Å². The number of ether oxygens (including phenoxy) is 3. The second-order valence-corrected chi connectivity index (χ2v) is 8.83. The number of methoxy groups -OCH3 is 2. The van der Waals surface area contributed by atoms with Crippen molar-refractivity contribution in [2.24, 2.45) is 0 Å². The van der Waals surface area contributed by atoms with Crippen LogP contribution in [0.2, 0.25) is 6.04 Å². The van der Waals surface area contributed by atoms with E-state index in [9.17, 15) is 5.11 Å². The third-order valence-electron chi connectivity index (χ3n) is 3.87. The van der Waals surface area contributed by atoms with Gasteiger partial charge in [-0.05, 0) is 27.2 Å². The van der Waals surface area contributed by atoms with Crippen LogP contribution in [0.25, 0.3) is 0 Å². The Kier molecular flexibility index (Phi) is 17.9. The third-order valence-corrected chi connectivity index (χ3v) is 7.02. The summed E-state index contributed by atoms with van der Waals surface area (Å²) >= 11 is 0. The Labute approximate surface area is 166 Å². The van der Waals surface area contributed by atoms with Crippen molar-refractivity contribution < 1.29 is 32.6 Å². The second-order valence-electron chi connectivity index (χ2n) is 6.10. The minimum atomic E-state index is -2.61. The van der Waals surface area contributed by atoms with Crippen LogP contribution in [0.1, 0.15) is 27.2 Å². The van der Waals surface area contributed by atoms with Gasteiger partial charge in [-0.25, -0.2) is 0 Å². The van der Waals surface area contributed by atoms with Gasteiger partial charge in [0.1, 0.15) is 0 Å². The number of aliphatic hydroxyl groups is 1. The minimum Gasteiger partial charge on any atom is -0.389 e. The molecule has 0 aromatic heterocycles. The van der Waals surface area contributed by atoms with Gasteiger partial charge in [-0.2, -0.15) is 0 Å². The Hall–Kier alpha value is -0.103. The molecule has 0 fully saturated rings. The van der Waals surface area contributed by atoms with Gasteiger partial charge < -0.3 is 32.6 Å². The SMILES string of the molecule is CCO[Si](CCCOCC(O)CN(CCOC)CCOC)(OCC)OCC. The largest absolute Gasteiger partial charge is 0.501 e. The van der Waals surface area contributed by atoms with Gasteiger partial charge >= 0.3 is 8.80 Å². The molecule has 9 heteroatoms. The molecular weight excluding hydrogens is 370 g/mol. The van der Waals surface area contributed by atoms with E-state index in [0.29, 0.717) is 58.8 Å². The first kappa shape index (κ1) is 26.9. The quantitative estimate of drug-likeness (QED) is 0.238. The highest BCUT2D eigenvalue weighted by atomic mass is 28.4. The van der Waals surface area contributed by atoms with Crippen LogP contribution in [0, 0.1) is 0 Å². The summed E-state index contributed by atoms with van der Waals surface area (Å²) in [6, 6.07) is 0.715. The third kappa shape index (κ3) is 13.7. The van der Waals surface area contributed by atoms with E-state index >= 15 is 0 Å². The summed E-state index contributed by atoms with van der Waals surface area (Å²) in [6.07, 6.45) is 0.224. The molecule has 8 nitrogen and oxygen atoms in total. The highest BCUT2D eigenvalue weighted by Crippen LogP contribution is 2.18. The zero-order chi connectivity index (χ0) is 20.4. The van der Waals surface area contributed by atoms with E-state index in [-0.39, 0.29) is 0 Å². The fraction of sp³-hybridized carbons (Fsp3) is 1.00. The Balaban J connectivity index is 4.17. The normalized spacial score (nSPS) is 13.4. The van der Waals surface area contributed by atoms with Crippen LogP contribution in [-0.2, 0) is 27.5 Å². The van der Waals surface area contributed by atoms with Crippen molar-refractivity contribution in [1.29, 1.82) is 0 Å². The van der Waals surface area contributed by atoms with Crippen LogP contribution in [0.4, 0.5) is 0 Å². The molecule has 0 aromatic carbocycles. The maximum Gasteiger partial charge on any atom is 0.501 e. The Morgan fingerprint density at radius 1 is 0.852 bits per heavy atom. The van der Waals surface area contributed by atoms with Gasteiger partial charge in [0.05, 0.1) is 25.9 Å². The number of hydrogen-bond donors (Lipinski definition) is 1. The molecule has 0 aliphatic heterocycles. The van der Waals surface area contributed by atoms with Crippen molar-refractivity contribution in [3.05, 3.63) is 0 Å². The summed E-state index contributed by atoms with van der Waals surface area (Å²) in [4.78, 5) is 2.11. The molecule has 0 bridgehead atoms. The van der Waals surface area contributed by atoms with Crippen LogP contribution in [0.5, 0.6) is 0 Å². The molecule has 0 saturated carbocycles. The van der Waals surface area contributed by atoms with E-state index in [2.05, 4.69) is 4.90 Å². The molecule has 1 N–H and O–H groups in total. The van der Waals surface area contributed by atoms with Crippen molar-refractivity contribution in [3.63, 3.8) is 0 Å². The summed E-state index contributed by atoms with van der Waals surface area (Å²) in [5.74, 6) is 0. The molecule has 27 heavy (non-hydrogen) atoms. The number of rotatable bonds is 20. The molecule has 0 rings (SSSR count). The standard InChI is InChI=1S/C18H41NO7Si/c1-6-24-27(25-7-2,26-8-3)15-9-12-23-17-18(20)16-19(10-13-21-4)11-14-22-5/h18,20H,6-17H2,1-5H3. The monoisotopic (exact) mass is 411 g/mol. The average Bonchev–Trinajstić information content (AvgIpc) is 2.64. The topological polar surface area (TPSA) is 78.9 Å². The highest BCUT2D eigenvalue weighted by Gasteiger charge is 2.39. The zero-order valence-corrected chi connectivity index (χ0v) is 18.9. The molecular formula is C18H41NO7Si. The molecule has 0 aliphatic rings. The van der Waals surface area contributed by atoms with E-state index in [4.69, 9.17) is 27.5 Å². The molecule has 0 heterocycles. The predicted molar refractivity (Wildman–Crippen MR) is 107 cm³/mol. The van der Waals surface area contributed by atoms with Gasteiger partial charge in [0.2, 0.25) is 0 Å². The lowest BCUT2D eigenvalue weighted by Crippen LogP contribution is -2.46. The number of hydrogen-bond acceptors (Lipinski definition) is 8. The molecule has 0 radical (unpaired) electrons. The van der Waals surface area contributed by atoms with E-state index in [1.165, 1.54) is 0 Å². The Bertz CT molecular complexity index is 301. The van der Waals surface area contributed by atoms with E-state index in [1.807, 2.05) is 20.8 Å². The first-order valence-electron chi connectivity index (χ1n) is 9.95. The van der Waals surface area contributed by atoms with Crippen LogP contribution < -0.4 is 0 Å². The Morgan fingerprint density at radius 2 is 1.37 bits per heavy atom. The first-order chi connectivity index (χ1) is 13.1. The summed E-state index contributed by atoms with van der Waals surface area (Å²) < 4.78 is 33.3. The molecule has 0 aliphatic carbocycles. The maximum atomic E-state index is 10.2. The van der Waals surface area contributed by atoms with E-state index in [0.717, 1.165) is 19.5 Å². The predicted octanol–water partition coefficient (Wildman–Crippen LogP) is 1.40. The van der Waals surface area contributed by atoms with Crippen molar-refractivity contribution in [3.8, 4) is 0 Å². The molecule has 164 valence electrons. The lowest BCUT2D eigenvalue weighted by atomic mass is 10.3. The van der Waals surface area contributed by atoms with Gasteiger partial charge in [-0.3, -0.25) is 4.90 Å². The molecule has 0 saturated heterocycles. The maximum absolute atomic E-state index is 10.2.